The molecule has 0 fully saturated rings. The molecule has 5 N–H and O–H groups in total. The van der Waals surface area contributed by atoms with Gasteiger partial charge in [0.05, 0.1) is 0 Å². The fourth-order valence-corrected chi connectivity index (χ4v) is 0.167. The van der Waals surface area contributed by atoms with Gasteiger partial charge in [-0.05, 0) is 19.3 Å². The van der Waals surface area contributed by atoms with Crippen LogP contribution in [-0.4, -0.2) is 35.1 Å². The minimum absolute atomic E-state index is 0. The summed E-state index contributed by atoms with van der Waals surface area (Å²) in [5.74, 6) is 0. The summed E-state index contributed by atoms with van der Waals surface area (Å²) in [4.78, 5) is 0. The van der Waals surface area contributed by atoms with Crippen molar-refractivity contribution in [3.63, 3.8) is 0 Å². The van der Waals surface area contributed by atoms with Crippen LogP contribution < -0.4 is 5.73 Å². The summed E-state index contributed by atoms with van der Waals surface area (Å²) in [5.41, 5.74) is 5.01. The standard InChI is InChI=1S/C4H10N.3C3H8O.Ti/c1-2-3-4-5;3*1-2-3-4;/h4H,2-3,5H2,1H3;3*4H,2-3H2,1H3;/q-1;;;;. The van der Waals surface area contributed by atoms with E-state index in [0.717, 1.165) is 32.1 Å². The van der Waals surface area contributed by atoms with Gasteiger partial charge in [0.1, 0.15) is 0 Å². The Kier molecular flexibility index (Phi) is 91.1. The van der Waals surface area contributed by atoms with Crippen LogP contribution in [-0.2, 0) is 21.7 Å². The Labute approximate surface area is 129 Å². The second kappa shape index (κ2) is 52.7. The van der Waals surface area contributed by atoms with Gasteiger partial charge in [0, 0.05) is 41.5 Å². The first-order valence-corrected chi connectivity index (χ1v) is 6.52. The molecule has 0 aromatic rings. The summed E-state index contributed by atoms with van der Waals surface area (Å²) in [6.07, 6.45) is 4.83. The third-order valence-electron chi connectivity index (χ3n) is 1.13. The molecule has 4 nitrogen and oxygen atoms in total. The Bertz CT molecular complexity index is 61.7. The van der Waals surface area contributed by atoms with Gasteiger partial charge in [0.25, 0.3) is 0 Å². The van der Waals surface area contributed by atoms with Crippen LogP contribution in [0.1, 0.15) is 59.8 Å². The molecule has 114 valence electrons. The Morgan fingerprint density at radius 1 is 0.722 bits per heavy atom. The Morgan fingerprint density at radius 3 is 0.944 bits per heavy atom. The van der Waals surface area contributed by atoms with Crippen LogP contribution >= 0.6 is 0 Å². The third-order valence-corrected chi connectivity index (χ3v) is 1.13. The van der Waals surface area contributed by atoms with Gasteiger partial charge in [0.2, 0.25) is 0 Å². The van der Waals surface area contributed by atoms with E-state index < -0.39 is 0 Å². The number of aliphatic hydroxyl groups is 3. The second-order valence-corrected chi connectivity index (χ2v) is 3.20. The van der Waals surface area contributed by atoms with Crippen molar-refractivity contribution in [1.29, 1.82) is 0 Å². The Balaban J connectivity index is -0.0000000412. The van der Waals surface area contributed by atoms with Crippen molar-refractivity contribution in [2.75, 3.05) is 19.8 Å². The molecule has 0 atom stereocenters. The first-order chi connectivity index (χ1) is 8.16. The zero-order chi connectivity index (χ0) is 14.4. The smallest absolute Gasteiger partial charge is 0.0428 e. The first-order valence-electron chi connectivity index (χ1n) is 6.52. The van der Waals surface area contributed by atoms with Gasteiger partial charge in [-0.25, -0.2) is 0 Å². The monoisotopic (exact) mass is 300 g/mol. The number of nitrogens with two attached hydrogens (primary N) is 1. The summed E-state index contributed by atoms with van der Waals surface area (Å²) >= 11 is 0. The number of hydrogen-bond acceptors (Lipinski definition) is 4. The van der Waals surface area contributed by atoms with E-state index in [1.165, 1.54) is 0 Å². The van der Waals surface area contributed by atoms with Crippen LogP contribution in [0.2, 0.25) is 0 Å². The molecular weight excluding hydrogens is 266 g/mol. The molecule has 0 aliphatic rings. The maximum Gasteiger partial charge on any atom is 0.0428 e. The van der Waals surface area contributed by atoms with Crippen molar-refractivity contribution in [2.45, 2.75) is 59.8 Å². The van der Waals surface area contributed by atoms with Crippen LogP contribution in [0, 0.1) is 6.54 Å². The van der Waals surface area contributed by atoms with Gasteiger partial charge >= 0.3 is 0 Å². The fourth-order valence-electron chi connectivity index (χ4n) is 0.167. The van der Waals surface area contributed by atoms with Gasteiger partial charge in [-0.3, -0.25) is 6.54 Å². The molecule has 0 aromatic carbocycles. The van der Waals surface area contributed by atoms with E-state index >= 15 is 0 Å². The molecule has 0 spiro atoms. The average molecular weight is 300 g/mol. The number of unbranched alkanes of at least 4 members (excludes halogenated alkanes) is 1. The molecule has 0 unspecified atom stereocenters. The third kappa shape index (κ3) is 130. The predicted octanol–water partition coefficient (Wildman–Crippen LogP) is 2.07. The number of hydrogen-bond donors (Lipinski definition) is 4. The zero-order valence-electron chi connectivity index (χ0n) is 12.7. The van der Waals surface area contributed by atoms with Crippen molar-refractivity contribution in [3.05, 3.63) is 6.54 Å². The molecule has 0 saturated heterocycles. The maximum absolute atomic E-state index is 7.88. The fraction of sp³-hybridized carbons (Fsp3) is 0.923. The average Bonchev–Trinajstić information content (AvgIpc) is 2.40. The van der Waals surface area contributed by atoms with E-state index in [0.29, 0.717) is 19.8 Å². The quantitative estimate of drug-likeness (QED) is 0.462. The van der Waals surface area contributed by atoms with Gasteiger partial charge in [-0.2, -0.15) is 6.42 Å². The molecule has 5 heteroatoms. The first kappa shape index (κ1) is 31.1. The summed E-state index contributed by atoms with van der Waals surface area (Å²) in [7, 11) is 0. The molecule has 0 saturated carbocycles. The molecule has 0 aromatic heterocycles. The molecule has 0 amide bonds. The normalized spacial score (nSPS) is 7.33. The van der Waals surface area contributed by atoms with Crippen molar-refractivity contribution >= 4 is 0 Å². The topological polar surface area (TPSA) is 86.7 Å². The summed E-state index contributed by atoms with van der Waals surface area (Å²) < 4.78 is 0. The molecule has 18 heavy (non-hydrogen) atoms. The number of rotatable bonds is 5. The molecule has 0 aliphatic heterocycles. The van der Waals surface area contributed by atoms with Gasteiger partial charge < -0.3 is 21.1 Å². The molecular formula is C13H34NO3Ti-. The number of aliphatic hydroxyl groups excluding tert-OH is 3. The van der Waals surface area contributed by atoms with Crippen LogP contribution in [0.15, 0.2) is 0 Å². The van der Waals surface area contributed by atoms with Crippen LogP contribution in [0.3, 0.4) is 0 Å². The van der Waals surface area contributed by atoms with Gasteiger partial charge in [-0.15, -0.1) is 0 Å². The van der Waals surface area contributed by atoms with E-state index in [9.17, 15) is 0 Å². The van der Waals surface area contributed by atoms with Gasteiger partial charge in [0.15, 0.2) is 0 Å². The molecule has 0 heterocycles. The van der Waals surface area contributed by atoms with Crippen LogP contribution in [0.25, 0.3) is 0 Å². The predicted molar refractivity (Wildman–Crippen MR) is 75.5 cm³/mol. The van der Waals surface area contributed by atoms with E-state index in [2.05, 4.69) is 6.92 Å². The second-order valence-electron chi connectivity index (χ2n) is 3.20. The minimum Gasteiger partial charge on any atom is -0.483 e. The molecule has 0 aliphatic carbocycles. The molecule has 0 bridgehead atoms. The van der Waals surface area contributed by atoms with E-state index in [1.54, 1.807) is 6.54 Å². The van der Waals surface area contributed by atoms with Crippen molar-refractivity contribution in [2.24, 2.45) is 5.73 Å². The van der Waals surface area contributed by atoms with Gasteiger partial charge in [-0.1, -0.05) is 34.1 Å². The zero-order valence-corrected chi connectivity index (χ0v) is 14.2. The Morgan fingerprint density at radius 2 is 0.944 bits per heavy atom. The minimum atomic E-state index is 0. The summed E-state index contributed by atoms with van der Waals surface area (Å²) in [6.45, 7) is 10.5. The van der Waals surface area contributed by atoms with Crippen molar-refractivity contribution in [3.8, 4) is 0 Å². The van der Waals surface area contributed by atoms with E-state index in [4.69, 9.17) is 21.1 Å². The van der Waals surface area contributed by atoms with E-state index in [-0.39, 0.29) is 21.7 Å². The molecule has 0 radical (unpaired) electrons. The SMILES string of the molecule is CCCO.CCCO.CCCO.CCC[CH-]N.[Ti]. The Hall–Kier alpha value is 0.554. The maximum atomic E-state index is 7.88. The largest absolute Gasteiger partial charge is 0.483 e. The summed E-state index contributed by atoms with van der Waals surface area (Å²) in [5, 5.41) is 23.6. The van der Waals surface area contributed by atoms with Crippen molar-refractivity contribution < 1.29 is 37.0 Å². The van der Waals surface area contributed by atoms with Crippen LogP contribution in [0.5, 0.6) is 0 Å². The van der Waals surface area contributed by atoms with Crippen molar-refractivity contribution in [1.82, 2.24) is 0 Å². The summed E-state index contributed by atoms with van der Waals surface area (Å²) in [6, 6.07) is 0. The van der Waals surface area contributed by atoms with E-state index in [1.807, 2.05) is 20.8 Å². The van der Waals surface area contributed by atoms with Crippen LogP contribution in [0.4, 0.5) is 0 Å². The molecule has 0 rings (SSSR count).